The fraction of sp³-hybridized carbons (Fsp3) is 0.192. The van der Waals surface area contributed by atoms with Crippen LogP contribution in [0.4, 0.5) is 5.69 Å². The van der Waals surface area contributed by atoms with E-state index in [2.05, 4.69) is 20.9 Å². The van der Waals surface area contributed by atoms with Gasteiger partial charge >= 0.3 is 0 Å². The van der Waals surface area contributed by atoms with Gasteiger partial charge in [0.2, 0.25) is 0 Å². The molecule has 2 aromatic carbocycles. The Balaban J connectivity index is 1.85. The quantitative estimate of drug-likeness (QED) is 0.291. The van der Waals surface area contributed by atoms with Gasteiger partial charge in [0.1, 0.15) is 11.5 Å². The van der Waals surface area contributed by atoms with Gasteiger partial charge in [0.25, 0.3) is 11.7 Å². The van der Waals surface area contributed by atoms with Crippen molar-refractivity contribution in [2.45, 2.75) is 12.6 Å². The van der Waals surface area contributed by atoms with Crippen molar-refractivity contribution < 1.29 is 19.4 Å². The summed E-state index contributed by atoms with van der Waals surface area (Å²) in [6.45, 7) is 0.182. The Bertz CT molecular complexity index is 1260. The lowest BCUT2D eigenvalue weighted by Crippen LogP contribution is -2.29. The number of amides is 1. The predicted octanol–water partition coefficient (Wildman–Crippen LogP) is 4.54. The molecule has 3 aromatic rings. The monoisotopic (exact) mass is 521 g/mol. The van der Waals surface area contributed by atoms with Gasteiger partial charge in [-0.15, -0.1) is 0 Å². The number of carbonyl (C=O) groups excluding carboxylic acids is 2. The molecule has 1 aliphatic heterocycles. The maximum atomic E-state index is 13.2. The first kappa shape index (κ1) is 23.5. The number of ketones is 1. The number of hydrogen-bond donors (Lipinski definition) is 1. The predicted molar refractivity (Wildman–Crippen MR) is 134 cm³/mol. The second kappa shape index (κ2) is 9.69. The summed E-state index contributed by atoms with van der Waals surface area (Å²) in [6.07, 6.45) is 3.31. The number of aliphatic hydroxyl groups excluding tert-OH is 1. The molecule has 1 aromatic heterocycles. The van der Waals surface area contributed by atoms with E-state index in [-0.39, 0.29) is 17.9 Å². The first-order valence-corrected chi connectivity index (χ1v) is 11.4. The highest BCUT2D eigenvalue weighted by atomic mass is 79.9. The number of methoxy groups -OCH3 is 1. The summed E-state index contributed by atoms with van der Waals surface area (Å²) >= 11 is 3.42. The van der Waals surface area contributed by atoms with Crippen LogP contribution in [-0.4, -0.2) is 47.9 Å². The number of anilines is 1. The van der Waals surface area contributed by atoms with E-state index in [9.17, 15) is 14.7 Å². The van der Waals surface area contributed by atoms with Crippen molar-refractivity contribution in [1.82, 2.24) is 9.88 Å². The largest absolute Gasteiger partial charge is 0.507 e. The molecule has 174 valence electrons. The molecule has 0 spiro atoms. The lowest BCUT2D eigenvalue weighted by atomic mass is 9.95. The van der Waals surface area contributed by atoms with Gasteiger partial charge in [-0.2, -0.15) is 0 Å². The summed E-state index contributed by atoms with van der Waals surface area (Å²) in [5.41, 5.74) is 2.94. The third-order valence-corrected chi connectivity index (χ3v) is 6.39. The molecule has 1 saturated heterocycles. The van der Waals surface area contributed by atoms with E-state index < -0.39 is 17.7 Å². The summed E-state index contributed by atoms with van der Waals surface area (Å²) in [4.78, 5) is 33.9. The van der Waals surface area contributed by atoms with Crippen LogP contribution in [-0.2, 0) is 16.1 Å². The molecule has 1 amide bonds. The van der Waals surface area contributed by atoms with Gasteiger partial charge < -0.3 is 19.6 Å². The number of ether oxygens (including phenoxy) is 1. The minimum Gasteiger partial charge on any atom is -0.507 e. The summed E-state index contributed by atoms with van der Waals surface area (Å²) in [6, 6.07) is 15.5. The summed E-state index contributed by atoms with van der Waals surface area (Å²) in [5, 5.41) is 11.3. The Morgan fingerprint density at radius 1 is 1.15 bits per heavy atom. The van der Waals surface area contributed by atoms with Crippen molar-refractivity contribution in [3.05, 3.63) is 93.7 Å². The SMILES string of the molecule is COc1ccc(/C(O)=C2/C(=O)C(=O)N(Cc3cccnc3)C2c2ccc(N(C)C)cc2)cc1Br. The highest BCUT2D eigenvalue weighted by Gasteiger charge is 2.46. The van der Waals surface area contributed by atoms with Crippen LogP contribution in [0.5, 0.6) is 5.75 Å². The zero-order valence-electron chi connectivity index (χ0n) is 19.0. The lowest BCUT2D eigenvalue weighted by Gasteiger charge is -2.26. The van der Waals surface area contributed by atoms with Crippen LogP contribution in [0.25, 0.3) is 5.76 Å². The van der Waals surface area contributed by atoms with Crippen molar-refractivity contribution in [1.29, 1.82) is 0 Å². The smallest absolute Gasteiger partial charge is 0.295 e. The number of likely N-dealkylation sites (tertiary alicyclic amines) is 1. The summed E-state index contributed by atoms with van der Waals surface area (Å²) in [7, 11) is 5.41. The van der Waals surface area contributed by atoms with Gasteiger partial charge in [-0.3, -0.25) is 14.6 Å². The summed E-state index contributed by atoms with van der Waals surface area (Å²) < 4.78 is 5.88. The average Bonchev–Trinajstić information content (AvgIpc) is 3.09. The number of nitrogens with zero attached hydrogens (tertiary/aromatic N) is 3. The normalized spacial score (nSPS) is 17.2. The van der Waals surface area contributed by atoms with Crippen molar-refractivity contribution in [2.24, 2.45) is 0 Å². The molecule has 0 bridgehead atoms. The van der Waals surface area contributed by atoms with Crippen molar-refractivity contribution in [3.8, 4) is 5.75 Å². The van der Waals surface area contributed by atoms with Crippen LogP contribution >= 0.6 is 15.9 Å². The first-order valence-electron chi connectivity index (χ1n) is 10.6. The zero-order valence-corrected chi connectivity index (χ0v) is 20.6. The van der Waals surface area contributed by atoms with E-state index in [1.165, 1.54) is 4.90 Å². The molecule has 34 heavy (non-hydrogen) atoms. The third-order valence-electron chi connectivity index (χ3n) is 5.77. The number of aliphatic hydroxyl groups is 1. The molecule has 2 heterocycles. The molecule has 0 aliphatic carbocycles. The van der Waals surface area contributed by atoms with E-state index in [0.29, 0.717) is 15.8 Å². The number of rotatable bonds is 6. The minimum absolute atomic E-state index is 0.0450. The standard InChI is InChI=1S/C26H24BrN3O4/c1-29(2)19-9-6-17(7-10-19)23-22(24(31)18-8-11-21(34-3)20(27)13-18)25(32)26(33)30(23)15-16-5-4-12-28-14-16/h4-14,23,31H,15H2,1-3H3/b24-22-. The van der Waals surface area contributed by atoms with Crippen LogP contribution in [0.2, 0.25) is 0 Å². The van der Waals surface area contributed by atoms with Gasteiger partial charge in [-0.25, -0.2) is 0 Å². The molecule has 1 unspecified atom stereocenters. The van der Waals surface area contributed by atoms with Crippen LogP contribution in [0.3, 0.4) is 0 Å². The van der Waals surface area contributed by atoms with Crippen molar-refractivity contribution in [2.75, 3.05) is 26.1 Å². The van der Waals surface area contributed by atoms with Crippen LogP contribution < -0.4 is 9.64 Å². The molecular formula is C26H24BrN3O4. The highest BCUT2D eigenvalue weighted by Crippen LogP contribution is 2.41. The fourth-order valence-electron chi connectivity index (χ4n) is 4.00. The van der Waals surface area contributed by atoms with Crippen LogP contribution in [0.1, 0.15) is 22.7 Å². The Morgan fingerprint density at radius 2 is 1.88 bits per heavy atom. The van der Waals surface area contributed by atoms with Crippen LogP contribution in [0.15, 0.2) is 77.0 Å². The van der Waals surface area contributed by atoms with Gasteiger partial charge in [0.05, 0.1) is 23.2 Å². The molecule has 0 saturated carbocycles. The zero-order chi connectivity index (χ0) is 24.4. The van der Waals surface area contributed by atoms with E-state index >= 15 is 0 Å². The Kier molecular flexibility index (Phi) is 6.70. The second-order valence-corrected chi connectivity index (χ2v) is 8.98. The number of aromatic nitrogens is 1. The minimum atomic E-state index is -0.753. The van der Waals surface area contributed by atoms with Gasteiger partial charge in [-0.1, -0.05) is 18.2 Å². The second-order valence-electron chi connectivity index (χ2n) is 8.12. The number of Topliss-reactive ketones (excluding diaryl/α,β-unsaturated/α-hetero) is 1. The van der Waals surface area contributed by atoms with Gasteiger partial charge in [0.15, 0.2) is 0 Å². The molecular weight excluding hydrogens is 498 g/mol. The third kappa shape index (κ3) is 4.41. The average molecular weight is 522 g/mol. The molecule has 4 rings (SSSR count). The van der Waals surface area contributed by atoms with E-state index in [1.807, 2.05) is 49.3 Å². The molecule has 1 aliphatic rings. The molecule has 1 fully saturated rings. The molecule has 0 radical (unpaired) electrons. The number of carbonyl (C=O) groups is 2. The van der Waals surface area contributed by atoms with Crippen LogP contribution in [0, 0.1) is 0 Å². The van der Waals surface area contributed by atoms with Gasteiger partial charge in [0, 0.05) is 44.3 Å². The Hall–Kier alpha value is -3.65. The van der Waals surface area contributed by atoms with Crippen molar-refractivity contribution >= 4 is 39.1 Å². The number of benzene rings is 2. The molecule has 1 N–H and O–H groups in total. The van der Waals surface area contributed by atoms with E-state index in [4.69, 9.17) is 4.74 Å². The Morgan fingerprint density at radius 3 is 2.47 bits per heavy atom. The van der Waals surface area contributed by atoms with Crippen molar-refractivity contribution in [3.63, 3.8) is 0 Å². The van der Waals surface area contributed by atoms with Gasteiger partial charge in [-0.05, 0) is 63.5 Å². The maximum Gasteiger partial charge on any atom is 0.295 e. The number of halogens is 1. The highest BCUT2D eigenvalue weighted by molar-refractivity contribution is 9.10. The number of pyridine rings is 1. The lowest BCUT2D eigenvalue weighted by molar-refractivity contribution is -0.140. The topological polar surface area (TPSA) is 83.0 Å². The summed E-state index contributed by atoms with van der Waals surface area (Å²) in [5.74, 6) is -1.05. The maximum absolute atomic E-state index is 13.2. The molecule has 8 heteroatoms. The molecule has 1 atom stereocenters. The fourth-order valence-corrected chi connectivity index (χ4v) is 4.54. The van der Waals surface area contributed by atoms with E-state index in [0.717, 1.165) is 16.8 Å². The molecule has 7 nitrogen and oxygen atoms in total. The number of hydrogen-bond acceptors (Lipinski definition) is 6. The Labute approximate surface area is 206 Å². The van der Waals surface area contributed by atoms with E-state index in [1.54, 1.807) is 43.8 Å². The first-order chi connectivity index (χ1) is 16.3.